The number of ether oxygens (including phenoxy) is 1. The van der Waals surface area contributed by atoms with Crippen molar-refractivity contribution in [3.8, 4) is 11.5 Å². The first-order chi connectivity index (χ1) is 8.86. The molecule has 0 N–H and O–H groups in total. The SMILES string of the molecule is Cc1ccc(Oc2cccc(C(F)(F)F)c2)c(C)c1. The molecule has 2 aromatic rings. The summed E-state index contributed by atoms with van der Waals surface area (Å²) >= 11 is 0. The van der Waals surface area contributed by atoms with Crippen molar-refractivity contribution in [1.82, 2.24) is 0 Å². The van der Waals surface area contributed by atoms with E-state index in [0.717, 1.165) is 23.3 Å². The minimum absolute atomic E-state index is 0.182. The van der Waals surface area contributed by atoms with Crippen LogP contribution in [0, 0.1) is 13.8 Å². The summed E-state index contributed by atoms with van der Waals surface area (Å²) in [5.41, 5.74) is 1.25. The quantitative estimate of drug-likeness (QED) is 0.733. The molecule has 0 heterocycles. The molecule has 2 rings (SSSR count). The van der Waals surface area contributed by atoms with Crippen LogP contribution in [-0.4, -0.2) is 0 Å². The number of alkyl halides is 3. The summed E-state index contributed by atoms with van der Waals surface area (Å²) in [6.07, 6.45) is -4.36. The minimum atomic E-state index is -4.36. The summed E-state index contributed by atoms with van der Waals surface area (Å²) in [5, 5.41) is 0. The van der Waals surface area contributed by atoms with Crippen molar-refractivity contribution in [3.63, 3.8) is 0 Å². The second-order valence-electron chi connectivity index (χ2n) is 4.40. The van der Waals surface area contributed by atoms with Gasteiger partial charge in [0.15, 0.2) is 0 Å². The second kappa shape index (κ2) is 4.96. The van der Waals surface area contributed by atoms with Crippen molar-refractivity contribution < 1.29 is 17.9 Å². The van der Waals surface area contributed by atoms with E-state index >= 15 is 0 Å². The van der Waals surface area contributed by atoms with Gasteiger partial charge in [-0.1, -0.05) is 23.8 Å². The molecule has 0 bridgehead atoms. The highest BCUT2D eigenvalue weighted by molar-refractivity contribution is 5.40. The number of rotatable bonds is 2. The fourth-order valence-electron chi connectivity index (χ4n) is 1.78. The average molecular weight is 266 g/mol. The van der Waals surface area contributed by atoms with Crippen LogP contribution >= 0.6 is 0 Å². The van der Waals surface area contributed by atoms with E-state index in [1.807, 2.05) is 26.0 Å². The Morgan fingerprint density at radius 2 is 1.68 bits per heavy atom. The van der Waals surface area contributed by atoms with Crippen LogP contribution in [-0.2, 0) is 6.18 Å². The Kier molecular flexibility index (Phi) is 3.51. The Morgan fingerprint density at radius 3 is 2.32 bits per heavy atom. The molecule has 0 unspecified atom stereocenters. The van der Waals surface area contributed by atoms with Gasteiger partial charge in [0.05, 0.1) is 5.56 Å². The first kappa shape index (κ1) is 13.5. The molecule has 0 aliphatic carbocycles. The third-order valence-corrected chi connectivity index (χ3v) is 2.72. The van der Waals surface area contributed by atoms with Crippen LogP contribution < -0.4 is 4.74 Å². The summed E-state index contributed by atoms with van der Waals surface area (Å²) in [4.78, 5) is 0. The maximum absolute atomic E-state index is 12.6. The summed E-state index contributed by atoms with van der Waals surface area (Å²) in [6.45, 7) is 3.80. The zero-order valence-electron chi connectivity index (χ0n) is 10.6. The van der Waals surface area contributed by atoms with Crippen LogP contribution in [0.5, 0.6) is 11.5 Å². The van der Waals surface area contributed by atoms with Crippen molar-refractivity contribution in [3.05, 3.63) is 59.2 Å². The number of hydrogen-bond donors (Lipinski definition) is 0. The Labute approximate surface area is 109 Å². The monoisotopic (exact) mass is 266 g/mol. The predicted octanol–water partition coefficient (Wildman–Crippen LogP) is 5.11. The largest absolute Gasteiger partial charge is 0.457 e. The highest BCUT2D eigenvalue weighted by Gasteiger charge is 2.30. The van der Waals surface area contributed by atoms with Gasteiger partial charge in [-0.3, -0.25) is 0 Å². The molecule has 0 radical (unpaired) electrons. The van der Waals surface area contributed by atoms with Crippen molar-refractivity contribution in [1.29, 1.82) is 0 Å². The zero-order chi connectivity index (χ0) is 14.0. The van der Waals surface area contributed by atoms with Gasteiger partial charge in [-0.25, -0.2) is 0 Å². The standard InChI is InChI=1S/C15H13F3O/c1-10-6-7-14(11(2)8-10)19-13-5-3-4-12(9-13)15(16,17)18/h3-9H,1-2H3. The zero-order valence-corrected chi connectivity index (χ0v) is 10.6. The smallest absolute Gasteiger partial charge is 0.416 e. The molecule has 19 heavy (non-hydrogen) atoms. The molecular formula is C15H13F3O. The van der Waals surface area contributed by atoms with E-state index in [1.165, 1.54) is 12.1 Å². The van der Waals surface area contributed by atoms with Crippen LogP contribution in [0.2, 0.25) is 0 Å². The highest BCUT2D eigenvalue weighted by Crippen LogP contribution is 2.33. The molecule has 0 aliphatic heterocycles. The molecule has 0 spiro atoms. The van der Waals surface area contributed by atoms with E-state index < -0.39 is 11.7 Å². The van der Waals surface area contributed by atoms with Gasteiger partial charge >= 0.3 is 6.18 Å². The van der Waals surface area contributed by atoms with Crippen molar-refractivity contribution in [2.75, 3.05) is 0 Å². The highest BCUT2D eigenvalue weighted by atomic mass is 19.4. The number of hydrogen-bond acceptors (Lipinski definition) is 1. The van der Waals surface area contributed by atoms with E-state index in [-0.39, 0.29) is 5.75 Å². The first-order valence-electron chi connectivity index (χ1n) is 5.78. The fourth-order valence-corrected chi connectivity index (χ4v) is 1.78. The van der Waals surface area contributed by atoms with Crippen LogP contribution in [0.1, 0.15) is 16.7 Å². The summed E-state index contributed by atoms with van der Waals surface area (Å²) in [6, 6.07) is 10.4. The fraction of sp³-hybridized carbons (Fsp3) is 0.200. The predicted molar refractivity (Wildman–Crippen MR) is 67.4 cm³/mol. The number of benzene rings is 2. The van der Waals surface area contributed by atoms with E-state index in [4.69, 9.17) is 4.74 Å². The lowest BCUT2D eigenvalue weighted by Crippen LogP contribution is -2.04. The summed E-state index contributed by atoms with van der Waals surface area (Å²) < 4.78 is 43.2. The number of halogens is 3. The average Bonchev–Trinajstić information content (AvgIpc) is 2.32. The lowest BCUT2D eigenvalue weighted by molar-refractivity contribution is -0.137. The maximum atomic E-state index is 12.6. The Balaban J connectivity index is 2.29. The van der Waals surface area contributed by atoms with E-state index in [2.05, 4.69) is 0 Å². The van der Waals surface area contributed by atoms with Crippen molar-refractivity contribution >= 4 is 0 Å². The third kappa shape index (κ3) is 3.28. The van der Waals surface area contributed by atoms with Crippen LogP contribution in [0.4, 0.5) is 13.2 Å². The first-order valence-corrected chi connectivity index (χ1v) is 5.78. The van der Waals surface area contributed by atoms with Gasteiger partial charge in [0, 0.05) is 0 Å². The van der Waals surface area contributed by atoms with E-state index in [0.29, 0.717) is 5.75 Å². The molecule has 0 fully saturated rings. The molecule has 2 aromatic carbocycles. The molecule has 0 aromatic heterocycles. The molecule has 0 saturated carbocycles. The van der Waals surface area contributed by atoms with Gasteiger partial charge in [-0.15, -0.1) is 0 Å². The lowest BCUT2D eigenvalue weighted by Gasteiger charge is -2.11. The Bertz CT molecular complexity index is 588. The lowest BCUT2D eigenvalue weighted by atomic mass is 10.1. The Morgan fingerprint density at radius 1 is 0.947 bits per heavy atom. The molecule has 4 heteroatoms. The van der Waals surface area contributed by atoms with Gasteiger partial charge in [0.1, 0.15) is 11.5 Å². The topological polar surface area (TPSA) is 9.23 Å². The normalized spacial score (nSPS) is 11.4. The van der Waals surface area contributed by atoms with Crippen molar-refractivity contribution in [2.45, 2.75) is 20.0 Å². The van der Waals surface area contributed by atoms with E-state index in [9.17, 15) is 13.2 Å². The molecule has 0 amide bonds. The maximum Gasteiger partial charge on any atom is 0.416 e. The second-order valence-corrected chi connectivity index (χ2v) is 4.40. The van der Waals surface area contributed by atoms with Gasteiger partial charge in [0.2, 0.25) is 0 Å². The third-order valence-electron chi connectivity index (χ3n) is 2.72. The van der Waals surface area contributed by atoms with Gasteiger partial charge < -0.3 is 4.74 Å². The van der Waals surface area contributed by atoms with Crippen LogP contribution in [0.15, 0.2) is 42.5 Å². The molecule has 0 atom stereocenters. The van der Waals surface area contributed by atoms with Gasteiger partial charge in [-0.05, 0) is 43.7 Å². The van der Waals surface area contributed by atoms with Crippen LogP contribution in [0.25, 0.3) is 0 Å². The van der Waals surface area contributed by atoms with Gasteiger partial charge in [0.25, 0.3) is 0 Å². The molecular weight excluding hydrogens is 253 g/mol. The molecule has 0 saturated heterocycles. The van der Waals surface area contributed by atoms with Gasteiger partial charge in [-0.2, -0.15) is 13.2 Å². The minimum Gasteiger partial charge on any atom is -0.457 e. The Hall–Kier alpha value is -1.97. The number of aryl methyl sites for hydroxylation is 2. The van der Waals surface area contributed by atoms with Crippen molar-refractivity contribution in [2.24, 2.45) is 0 Å². The molecule has 1 nitrogen and oxygen atoms in total. The molecule has 100 valence electrons. The van der Waals surface area contributed by atoms with E-state index in [1.54, 1.807) is 6.07 Å². The molecule has 0 aliphatic rings. The summed E-state index contributed by atoms with van der Waals surface area (Å²) in [5.74, 6) is 0.742. The van der Waals surface area contributed by atoms with Crippen LogP contribution in [0.3, 0.4) is 0 Å². The summed E-state index contributed by atoms with van der Waals surface area (Å²) in [7, 11) is 0.